The minimum atomic E-state index is -0.194. The van der Waals surface area contributed by atoms with Crippen molar-refractivity contribution < 1.29 is 0 Å². The molecule has 86 heavy (non-hydrogen) atoms. The van der Waals surface area contributed by atoms with Crippen LogP contribution in [0, 0.1) is 27.7 Å². The largest absolute Gasteiger partial charge is 0.310 e. The molecule has 15 rings (SSSR count). The van der Waals surface area contributed by atoms with Crippen LogP contribution in [0.2, 0.25) is 0 Å². The highest BCUT2D eigenvalue weighted by molar-refractivity contribution is 7.00. The van der Waals surface area contributed by atoms with Crippen LogP contribution in [0.3, 0.4) is 0 Å². The van der Waals surface area contributed by atoms with E-state index < -0.39 is 0 Å². The average molecular weight is 1100 g/mol. The molecule has 0 fully saturated rings. The minimum Gasteiger partial charge on any atom is -0.310 e. The van der Waals surface area contributed by atoms with Gasteiger partial charge in [0.15, 0.2) is 0 Å². The van der Waals surface area contributed by atoms with Crippen LogP contribution >= 0.6 is 0 Å². The smallest absolute Gasteiger partial charge is 0.252 e. The molecule has 0 aromatic heterocycles. The molecule has 0 radical (unpaired) electrons. The Kier molecular flexibility index (Phi) is 13.2. The van der Waals surface area contributed by atoms with E-state index in [2.05, 4.69) is 346 Å². The standard InChI is InChI=1S/C82H62BN3/c1-55-27-23-28-56(2)78(55)63-47-49-72-74(51-63)85(81-68(59-31-11-5-12-32-59)43-25-44-69(81)60-33-13-6-14-34-60)76-53-67(84(65-39-19-9-20-40-65)66-41-21-10-22-42-66)54-77-80(76)83(72)73-50-48-64(79-57(3)29-24-30-58(79)4)52-75(73)86(77)82-70(61-35-15-7-16-36-61)45-26-46-71(82)62-37-17-8-18-38-62/h5-54H,1-4H3. The van der Waals surface area contributed by atoms with E-state index in [1.807, 2.05) is 0 Å². The van der Waals surface area contributed by atoms with Gasteiger partial charge in [-0.15, -0.1) is 0 Å². The molecular weight excluding hydrogens is 1040 g/mol. The van der Waals surface area contributed by atoms with E-state index in [0.717, 1.165) is 95.7 Å². The predicted molar refractivity (Wildman–Crippen MR) is 367 cm³/mol. The Labute approximate surface area is 506 Å². The highest BCUT2D eigenvalue weighted by atomic mass is 15.2. The Morgan fingerprint density at radius 1 is 0.256 bits per heavy atom. The fourth-order valence-electron chi connectivity index (χ4n) is 14.0. The summed E-state index contributed by atoms with van der Waals surface area (Å²) in [7, 11) is 0. The highest BCUT2D eigenvalue weighted by Gasteiger charge is 2.46. The van der Waals surface area contributed by atoms with E-state index in [9.17, 15) is 0 Å². The van der Waals surface area contributed by atoms with Crippen LogP contribution in [0.5, 0.6) is 0 Å². The third-order valence-corrected chi connectivity index (χ3v) is 17.7. The summed E-state index contributed by atoms with van der Waals surface area (Å²) in [5, 5.41) is 0. The number of benzene rings is 13. The number of hydrogen-bond donors (Lipinski definition) is 0. The van der Waals surface area contributed by atoms with Crippen molar-refractivity contribution >= 4 is 74.3 Å². The SMILES string of the molecule is Cc1cccc(C)c1-c1ccc2c(c1)N(c1c(-c3ccccc3)cccc1-c1ccccc1)c1cc(N(c3ccccc3)c3ccccc3)cc3c1B2c1ccc(-c2c(C)cccc2C)cc1N3c1c(-c2ccccc2)cccc1-c1ccccc1. The van der Waals surface area contributed by atoms with Gasteiger partial charge >= 0.3 is 0 Å². The van der Waals surface area contributed by atoms with Gasteiger partial charge in [0.05, 0.1) is 17.1 Å². The highest BCUT2D eigenvalue weighted by Crippen LogP contribution is 2.55. The Bertz CT molecular complexity index is 4230. The van der Waals surface area contributed by atoms with E-state index in [1.54, 1.807) is 0 Å². The van der Waals surface area contributed by atoms with Crippen molar-refractivity contribution in [3.63, 3.8) is 0 Å². The maximum Gasteiger partial charge on any atom is 0.252 e. The number of nitrogens with zero attached hydrogens (tertiary/aromatic N) is 3. The van der Waals surface area contributed by atoms with Crippen molar-refractivity contribution in [1.29, 1.82) is 0 Å². The number of aryl methyl sites for hydroxylation is 4. The molecule has 2 aliphatic rings. The maximum atomic E-state index is 2.67. The summed E-state index contributed by atoms with van der Waals surface area (Å²) in [4.78, 5) is 7.79. The Morgan fingerprint density at radius 2 is 0.558 bits per heavy atom. The molecule has 0 bridgehead atoms. The fraction of sp³-hybridized carbons (Fsp3) is 0.0488. The van der Waals surface area contributed by atoms with Gasteiger partial charge in [-0.1, -0.05) is 255 Å². The lowest BCUT2D eigenvalue weighted by Crippen LogP contribution is -2.61. The molecule has 0 saturated heterocycles. The summed E-state index contributed by atoms with van der Waals surface area (Å²) in [6.07, 6.45) is 0. The van der Waals surface area contributed by atoms with E-state index in [-0.39, 0.29) is 6.71 Å². The lowest BCUT2D eigenvalue weighted by atomic mass is 9.33. The molecule has 2 heterocycles. The first-order valence-electron chi connectivity index (χ1n) is 29.9. The van der Waals surface area contributed by atoms with Crippen molar-refractivity contribution in [2.75, 3.05) is 14.7 Å². The molecular formula is C82H62BN3. The second-order valence-corrected chi connectivity index (χ2v) is 23.0. The molecule has 3 nitrogen and oxygen atoms in total. The number of fused-ring (bicyclic) bond motifs is 4. The second-order valence-electron chi connectivity index (χ2n) is 23.0. The first-order valence-corrected chi connectivity index (χ1v) is 29.9. The molecule has 0 unspecified atom stereocenters. The number of para-hydroxylation sites is 4. The van der Waals surface area contributed by atoms with E-state index >= 15 is 0 Å². The quantitative estimate of drug-likeness (QED) is 0.120. The van der Waals surface area contributed by atoms with Crippen LogP contribution in [0.25, 0.3) is 66.8 Å². The van der Waals surface area contributed by atoms with E-state index in [4.69, 9.17) is 0 Å². The Balaban J connectivity index is 1.16. The van der Waals surface area contributed by atoms with Gasteiger partial charge in [0, 0.05) is 56.4 Å². The van der Waals surface area contributed by atoms with Gasteiger partial charge in [-0.3, -0.25) is 0 Å². The van der Waals surface area contributed by atoms with Gasteiger partial charge in [-0.05, 0) is 159 Å². The monoisotopic (exact) mass is 1100 g/mol. The number of hydrogen-bond acceptors (Lipinski definition) is 3. The Hall–Kier alpha value is -10.7. The van der Waals surface area contributed by atoms with Crippen LogP contribution in [-0.4, -0.2) is 6.71 Å². The topological polar surface area (TPSA) is 9.72 Å². The number of rotatable bonds is 11. The Morgan fingerprint density at radius 3 is 0.884 bits per heavy atom. The normalized spacial score (nSPS) is 12.1. The summed E-state index contributed by atoms with van der Waals surface area (Å²) in [5.74, 6) is 0. The second kappa shape index (κ2) is 21.8. The summed E-state index contributed by atoms with van der Waals surface area (Å²) in [6, 6.07) is 113. The van der Waals surface area contributed by atoms with Crippen molar-refractivity contribution in [2.45, 2.75) is 27.7 Å². The molecule has 408 valence electrons. The zero-order valence-corrected chi connectivity index (χ0v) is 48.8. The molecule has 0 amide bonds. The van der Waals surface area contributed by atoms with E-state index in [0.29, 0.717) is 0 Å². The van der Waals surface area contributed by atoms with Crippen molar-refractivity contribution in [2.24, 2.45) is 0 Å². The van der Waals surface area contributed by atoms with Crippen LogP contribution in [0.1, 0.15) is 22.3 Å². The zero-order chi connectivity index (χ0) is 57.8. The average Bonchev–Trinajstić information content (AvgIpc) is 1.78. The van der Waals surface area contributed by atoms with Crippen molar-refractivity contribution in [3.05, 3.63) is 326 Å². The minimum absolute atomic E-state index is 0.194. The van der Waals surface area contributed by atoms with Crippen LogP contribution in [-0.2, 0) is 0 Å². The lowest BCUT2D eigenvalue weighted by Gasteiger charge is -2.46. The van der Waals surface area contributed by atoms with E-state index in [1.165, 1.54) is 60.9 Å². The van der Waals surface area contributed by atoms with Gasteiger partial charge in [0.1, 0.15) is 0 Å². The third-order valence-electron chi connectivity index (χ3n) is 17.7. The van der Waals surface area contributed by atoms with Gasteiger partial charge in [0.2, 0.25) is 0 Å². The molecule has 0 aliphatic carbocycles. The number of anilines is 9. The summed E-state index contributed by atoms with van der Waals surface area (Å²) < 4.78 is 0. The molecule has 2 aliphatic heterocycles. The van der Waals surface area contributed by atoms with Crippen LogP contribution in [0.4, 0.5) is 51.2 Å². The summed E-state index contributed by atoms with van der Waals surface area (Å²) >= 11 is 0. The van der Waals surface area contributed by atoms with Crippen molar-refractivity contribution in [3.8, 4) is 66.8 Å². The first-order chi connectivity index (χ1) is 42.4. The van der Waals surface area contributed by atoms with Crippen LogP contribution < -0.4 is 31.1 Å². The molecule has 13 aromatic rings. The zero-order valence-electron chi connectivity index (χ0n) is 48.8. The van der Waals surface area contributed by atoms with Gasteiger partial charge in [0.25, 0.3) is 6.71 Å². The van der Waals surface area contributed by atoms with Gasteiger partial charge < -0.3 is 14.7 Å². The summed E-state index contributed by atoms with van der Waals surface area (Å²) in [5.41, 5.74) is 32.6. The molecule has 13 aromatic carbocycles. The van der Waals surface area contributed by atoms with Crippen LogP contribution in [0.15, 0.2) is 303 Å². The molecule has 0 saturated carbocycles. The maximum absolute atomic E-state index is 2.67. The molecule has 4 heteroatoms. The summed E-state index contributed by atoms with van der Waals surface area (Å²) in [6.45, 7) is 8.82. The molecule has 0 atom stereocenters. The molecule has 0 spiro atoms. The first kappa shape index (κ1) is 52.2. The predicted octanol–water partition coefficient (Wildman–Crippen LogP) is 20.5. The van der Waals surface area contributed by atoms with Gasteiger partial charge in [-0.2, -0.15) is 0 Å². The molecule has 0 N–H and O–H groups in total. The fourth-order valence-corrected chi connectivity index (χ4v) is 14.0. The lowest BCUT2D eigenvalue weighted by molar-refractivity contribution is 1.23. The third kappa shape index (κ3) is 8.92. The van der Waals surface area contributed by atoms with Crippen molar-refractivity contribution in [1.82, 2.24) is 0 Å². The van der Waals surface area contributed by atoms with Gasteiger partial charge in [-0.25, -0.2) is 0 Å².